The highest BCUT2D eigenvalue weighted by molar-refractivity contribution is 5.87. The van der Waals surface area contributed by atoms with E-state index < -0.39 is 17.7 Å². The van der Waals surface area contributed by atoms with Gasteiger partial charge in [-0.2, -0.15) is 0 Å². The standard InChI is InChI=1S/C24H20F3N5/c1-13(17-7-18(25)10-19(26)8-17)20(9-16-5-4-6-21(27)14(16)2)15(3)32-24-22-23(29-11-28-22)30-12-31-24/h4-12,15H,1H2,2-3H3,(H2,28,29,30,31,32)/b20-9+/t15-/m0/s1. The van der Waals surface area contributed by atoms with Gasteiger partial charge < -0.3 is 10.3 Å². The molecule has 0 saturated carbocycles. The zero-order valence-corrected chi connectivity index (χ0v) is 17.5. The average Bonchev–Trinajstić information content (AvgIpc) is 3.23. The van der Waals surface area contributed by atoms with E-state index in [2.05, 4.69) is 31.8 Å². The SMILES string of the molecule is C=C(/C(=C\c1cccc(F)c1C)[C@H](C)Nc1ncnc2nc[nH]c12)c1cc(F)cc(F)c1. The van der Waals surface area contributed by atoms with Gasteiger partial charge in [-0.1, -0.05) is 18.7 Å². The summed E-state index contributed by atoms with van der Waals surface area (Å²) < 4.78 is 41.9. The Labute approximate surface area is 182 Å². The summed E-state index contributed by atoms with van der Waals surface area (Å²) in [4.78, 5) is 15.5. The minimum atomic E-state index is -0.710. The first-order valence-corrected chi connectivity index (χ1v) is 9.86. The molecule has 0 saturated heterocycles. The molecule has 1 atom stereocenters. The summed E-state index contributed by atoms with van der Waals surface area (Å²) in [6.45, 7) is 7.60. The monoisotopic (exact) mass is 435 g/mol. The van der Waals surface area contributed by atoms with Gasteiger partial charge in [-0.25, -0.2) is 28.1 Å². The lowest BCUT2D eigenvalue weighted by Crippen LogP contribution is -2.20. The molecule has 0 bridgehead atoms. The van der Waals surface area contributed by atoms with E-state index in [1.165, 1.54) is 30.9 Å². The number of benzene rings is 2. The Balaban J connectivity index is 1.79. The lowest BCUT2D eigenvalue weighted by molar-refractivity contribution is 0.582. The minimum Gasteiger partial charge on any atom is -0.362 e. The van der Waals surface area contributed by atoms with Gasteiger partial charge in [0.1, 0.15) is 29.3 Å². The Morgan fingerprint density at radius 1 is 1.09 bits per heavy atom. The molecule has 0 radical (unpaired) electrons. The van der Waals surface area contributed by atoms with Crippen molar-refractivity contribution in [1.82, 2.24) is 19.9 Å². The minimum absolute atomic E-state index is 0.283. The smallest absolute Gasteiger partial charge is 0.182 e. The predicted octanol–water partition coefficient (Wildman–Crippen LogP) is 5.68. The van der Waals surface area contributed by atoms with E-state index in [4.69, 9.17) is 0 Å². The third-order valence-corrected chi connectivity index (χ3v) is 5.22. The third-order valence-electron chi connectivity index (χ3n) is 5.22. The molecule has 4 rings (SSSR count). The average molecular weight is 435 g/mol. The fourth-order valence-corrected chi connectivity index (χ4v) is 3.47. The maximum Gasteiger partial charge on any atom is 0.182 e. The number of fused-ring (bicyclic) bond motifs is 1. The zero-order valence-electron chi connectivity index (χ0n) is 17.5. The molecule has 0 unspecified atom stereocenters. The Kier molecular flexibility index (Phi) is 5.77. The van der Waals surface area contributed by atoms with E-state index >= 15 is 0 Å². The summed E-state index contributed by atoms with van der Waals surface area (Å²) in [5, 5.41) is 3.27. The highest BCUT2D eigenvalue weighted by Gasteiger charge is 2.18. The number of aromatic amines is 1. The van der Waals surface area contributed by atoms with Crippen LogP contribution in [-0.2, 0) is 0 Å². The maximum atomic E-state index is 14.2. The third kappa shape index (κ3) is 4.25. The highest BCUT2D eigenvalue weighted by Crippen LogP contribution is 2.30. The van der Waals surface area contributed by atoms with E-state index in [9.17, 15) is 13.2 Å². The molecule has 5 nitrogen and oxygen atoms in total. The van der Waals surface area contributed by atoms with Crippen LogP contribution >= 0.6 is 0 Å². The van der Waals surface area contributed by atoms with Crippen molar-refractivity contribution in [3.8, 4) is 0 Å². The Hall–Kier alpha value is -3.94. The molecular formula is C24H20F3N5. The summed E-state index contributed by atoms with van der Waals surface area (Å²) in [5.41, 5.74) is 3.47. The topological polar surface area (TPSA) is 66.5 Å². The van der Waals surface area contributed by atoms with Crippen LogP contribution in [0.25, 0.3) is 22.8 Å². The Morgan fingerprint density at radius 2 is 1.84 bits per heavy atom. The molecule has 0 aliphatic carbocycles. The van der Waals surface area contributed by atoms with E-state index in [0.29, 0.717) is 39.3 Å². The predicted molar refractivity (Wildman–Crippen MR) is 119 cm³/mol. The molecule has 2 aromatic heterocycles. The van der Waals surface area contributed by atoms with Crippen molar-refractivity contribution in [1.29, 1.82) is 0 Å². The van der Waals surface area contributed by atoms with E-state index in [-0.39, 0.29) is 11.4 Å². The maximum absolute atomic E-state index is 14.2. The summed E-state index contributed by atoms with van der Waals surface area (Å²) in [6.07, 6.45) is 4.65. The number of halogens is 3. The number of anilines is 1. The molecule has 0 aliphatic rings. The summed E-state index contributed by atoms with van der Waals surface area (Å²) in [6, 6.07) is 7.55. The molecule has 2 N–H and O–H groups in total. The number of aromatic nitrogens is 4. The van der Waals surface area contributed by atoms with Gasteiger partial charge in [0.15, 0.2) is 11.5 Å². The lowest BCUT2D eigenvalue weighted by Gasteiger charge is -2.21. The van der Waals surface area contributed by atoms with Crippen molar-refractivity contribution in [2.24, 2.45) is 0 Å². The molecule has 8 heteroatoms. The lowest BCUT2D eigenvalue weighted by atomic mass is 9.91. The molecule has 0 fully saturated rings. The van der Waals surface area contributed by atoms with Crippen molar-refractivity contribution >= 4 is 28.6 Å². The molecule has 0 amide bonds. The zero-order chi connectivity index (χ0) is 22.8. The van der Waals surface area contributed by atoms with E-state index in [0.717, 1.165) is 6.07 Å². The molecule has 2 heterocycles. The molecule has 4 aromatic rings. The first-order chi connectivity index (χ1) is 15.3. The van der Waals surface area contributed by atoms with Crippen LogP contribution in [0.15, 0.2) is 61.2 Å². The van der Waals surface area contributed by atoms with Crippen molar-refractivity contribution in [2.75, 3.05) is 5.32 Å². The molecule has 0 aliphatic heterocycles. The number of nitrogens with zero attached hydrogens (tertiary/aromatic N) is 3. The fraction of sp³-hybridized carbons (Fsp3) is 0.125. The van der Waals surface area contributed by atoms with Crippen molar-refractivity contribution < 1.29 is 13.2 Å². The molecule has 2 aromatic carbocycles. The second-order valence-corrected chi connectivity index (χ2v) is 7.38. The summed E-state index contributed by atoms with van der Waals surface area (Å²) >= 11 is 0. The first kappa shape index (κ1) is 21.3. The normalized spacial score (nSPS) is 12.7. The van der Waals surface area contributed by atoms with Gasteiger partial charge in [0.2, 0.25) is 0 Å². The molecule has 162 valence electrons. The van der Waals surface area contributed by atoms with E-state index in [1.54, 1.807) is 25.1 Å². The van der Waals surface area contributed by atoms with Crippen molar-refractivity contribution in [2.45, 2.75) is 19.9 Å². The van der Waals surface area contributed by atoms with Crippen LogP contribution in [-0.4, -0.2) is 26.0 Å². The second kappa shape index (κ2) is 8.66. The van der Waals surface area contributed by atoms with Gasteiger partial charge in [0.25, 0.3) is 0 Å². The van der Waals surface area contributed by atoms with Crippen LogP contribution in [0.2, 0.25) is 0 Å². The van der Waals surface area contributed by atoms with Gasteiger partial charge >= 0.3 is 0 Å². The van der Waals surface area contributed by atoms with Crippen LogP contribution in [0.4, 0.5) is 19.0 Å². The van der Waals surface area contributed by atoms with Crippen molar-refractivity contribution in [3.05, 3.63) is 95.3 Å². The van der Waals surface area contributed by atoms with Crippen LogP contribution in [0.3, 0.4) is 0 Å². The summed E-state index contributed by atoms with van der Waals surface area (Å²) in [7, 11) is 0. The second-order valence-electron chi connectivity index (χ2n) is 7.38. The largest absolute Gasteiger partial charge is 0.362 e. The number of H-pyrrole nitrogens is 1. The number of hydrogen-bond donors (Lipinski definition) is 2. The first-order valence-electron chi connectivity index (χ1n) is 9.86. The molecule has 0 spiro atoms. The number of hydrogen-bond acceptors (Lipinski definition) is 4. The number of nitrogens with one attached hydrogen (secondary N) is 2. The fourth-order valence-electron chi connectivity index (χ4n) is 3.47. The van der Waals surface area contributed by atoms with Crippen LogP contribution < -0.4 is 5.32 Å². The number of rotatable bonds is 6. The highest BCUT2D eigenvalue weighted by atomic mass is 19.1. The van der Waals surface area contributed by atoms with E-state index in [1.807, 2.05) is 6.92 Å². The molecule has 32 heavy (non-hydrogen) atoms. The van der Waals surface area contributed by atoms with Crippen LogP contribution in [0, 0.1) is 24.4 Å². The van der Waals surface area contributed by atoms with Crippen molar-refractivity contribution in [3.63, 3.8) is 0 Å². The van der Waals surface area contributed by atoms with Gasteiger partial charge in [-0.15, -0.1) is 0 Å². The Morgan fingerprint density at radius 3 is 2.59 bits per heavy atom. The van der Waals surface area contributed by atoms with Crippen LogP contribution in [0.1, 0.15) is 23.6 Å². The Bertz CT molecular complexity index is 1320. The number of imidazole rings is 1. The van der Waals surface area contributed by atoms with Gasteiger partial charge in [0.05, 0.1) is 12.4 Å². The molecular weight excluding hydrogens is 415 g/mol. The van der Waals surface area contributed by atoms with Gasteiger partial charge in [-0.3, -0.25) is 0 Å². The summed E-state index contributed by atoms with van der Waals surface area (Å²) in [5.74, 6) is -1.27. The quantitative estimate of drug-likeness (QED) is 0.383. The van der Waals surface area contributed by atoms with Gasteiger partial charge in [-0.05, 0) is 66.0 Å². The van der Waals surface area contributed by atoms with Crippen LogP contribution in [0.5, 0.6) is 0 Å². The van der Waals surface area contributed by atoms with Gasteiger partial charge in [0, 0.05) is 6.07 Å².